The van der Waals surface area contributed by atoms with Crippen LogP contribution in [-0.4, -0.2) is 39.0 Å². The highest BCUT2D eigenvalue weighted by molar-refractivity contribution is 6.12. The molecule has 0 fully saturated rings. The van der Waals surface area contributed by atoms with Gasteiger partial charge in [0.05, 0.1) is 33.4 Å². The van der Waals surface area contributed by atoms with Crippen molar-refractivity contribution < 1.29 is 4.74 Å². The normalized spacial score (nSPS) is 11.9. The zero-order valence-corrected chi connectivity index (χ0v) is 47.2. The Bertz CT molecular complexity index is 5280. The zero-order chi connectivity index (χ0) is 58.1. The molecule has 5 heterocycles. The molecule has 16 aromatic rings. The maximum absolute atomic E-state index is 6.90. The molecule has 0 radical (unpaired) electrons. The Hall–Kier alpha value is -12.1. The molecule has 0 unspecified atom stereocenters. The van der Waals surface area contributed by atoms with Crippen LogP contribution < -0.4 is 9.64 Å². The summed E-state index contributed by atoms with van der Waals surface area (Å²) in [6.07, 6.45) is 0. The molecule has 412 valence electrons. The van der Waals surface area contributed by atoms with Gasteiger partial charge >= 0.3 is 0 Å². The molecule has 0 atom stereocenters. The molecule has 10 heteroatoms. The number of rotatable bonds is 10. The van der Waals surface area contributed by atoms with Crippen LogP contribution in [0.4, 0.5) is 17.1 Å². The second kappa shape index (κ2) is 20.9. The molecular weight excluding hydrogens is 1080 g/mol. The molecule has 88 heavy (non-hydrogen) atoms. The van der Waals surface area contributed by atoms with Crippen molar-refractivity contribution in [3.63, 3.8) is 0 Å². The quantitative estimate of drug-likeness (QED) is 0.134. The lowest BCUT2D eigenvalue weighted by atomic mass is 10.00. The first-order chi connectivity index (χ1) is 43.6. The van der Waals surface area contributed by atoms with Crippen LogP contribution >= 0.6 is 0 Å². The first-order valence-corrected chi connectivity index (χ1v) is 29.3. The van der Waals surface area contributed by atoms with Gasteiger partial charge in [0.25, 0.3) is 0 Å². The summed E-state index contributed by atoms with van der Waals surface area (Å²) < 4.78 is 11.4. The lowest BCUT2D eigenvalue weighted by Crippen LogP contribution is -2.16. The van der Waals surface area contributed by atoms with E-state index in [0.29, 0.717) is 35.1 Å². The van der Waals surface area contributed by atoms with Crippen LogP contribution in [0, 0.1) is 0 Å². The van der Waals surface area contributed by atoms with Crippen LogP contribution in [0.15, 0.2) is 297 Å². The summed E-state index contributed by atoms with van der Waals surface area (Å²) in [6, 6.07) is 103. The van der Waals surface area contributed by atoms with E-state index in [1.807, 2.05) is 109 Å². The number of para-hydroxylation sites is 6. The summed E-state index contributed by atoms with van der Waals surface area (Å²) in [7, 11) is 0. The fourth-order valence-electron chi connectivity index (χ4n) is 12.5. The Balaban J connectivity index is 0.728. The third-order valence-electron chi connectivity index (χ3n) is 16.6. The van der Waals surface area contributed by atoms with Crippen molar-refractivity contribution in [3.05, 3.63) is 297 Å². The second-order valence-electron chi connectivity index (χ2n) is 21.9. The number of benzene rings is 12. The van der Waals surface area contributed by atoms with Gasteiger partial charge in [-0.2, -0.15) is 9.97 Å². The topological polar surface area (TPSA) is 99.7 Å². The summed E-state index contributed by atoms with van der Waals surface area (Å²) in [5.74, 6) is 4.98. The van der Waals surface area contributed by atoms with E-state index in [9.17, 15) is 0 Å². The Morgan fingerprint density at radius 2 is 0.648 bits per heavy atom. The van der Waals surface area contributed by atoms with Crippen molar-refractivity contribution in [2.24, 2.45) is 0 Å². The third-order valence-corrected chi connectivity index (χ3v) is 16.6. The van der Waals surface area contributed by atoms with Crippen molar-refractivity contribution >= 4 is 60.7 Å². The van der Waals surface area contributed by atoms with Crippen LogP contribution in [0.2, 0.25) is 0 Å². The van der Waals surface area contributed by atoms with Gasteiger partial charge in [-0.3, -0.25) is 4.57 Å². The van der Waals surface area contributed by atoms with E-state index in [4.69, 9.17) is 34.6 Å². The van der Waals surface area contributed by atoms with Gasteiger partial charge in [0.15, 0.2) is 40.6 Å². The van der Waals surface area contributed by atoms with Crippen LogP contribution in [0.1, 0.15) is 0 Å². The average molecular weight is 1130 g/mol. The van der Waals surface area contributed by atoms with Crippen molar-refractivity contribution in [3.8, 4) is 102 Å². The Kier molecular flexibility index (Phi) is 12.0. The standard InChI is InChI=1S/C78H49N9O/c1-5-20-51(21-6-1)73-79-74(52-22-7-2-8-23-52)81-75(80-73)55-40-44-59(45-41-55)86-69-33-17-18-35-71(69)88-72-60(30-19-34-70(72)86)50-36-38-54(39-37-50)77-82-76(53-24-9-3-10-25-53)83-78(84-77)87-66-32-16-14-29-62(66)64-49-57(43-47-68(64)87)56-42-46-67-63(48-56)61-28-13-15-31-65(61)85(67)58-26-11-4-12-27-58/h1-49H. The second-order valence-corrected chi connectivity index (χ2v) is 21.9. The summed E-state index contributed by atoms with van der Waals surface area (Å²) in [5.41, 5.74) is 16.9. The minimum absolute atomic E-state index is 0.529. The molecule has 10 nitrogen and oxygen atoms in total. The molecule has 0 amide bonds. The number of nitrogens with zero attached hydrogens (tertiary/aromatic N) is 9. The van der Waals surface area contributed by atoms with E-state index < -0.39 is 0 Å². The highest BCUT2D eigenvalue weighted by Crippen LogP contribution is 2.54. The number of anilines is 3. The SMILES string of the molecule is c1ccc(-c2nc(-c3ccccc3)nc(-c3ccc(N4c5ccccc5Oc5c(-c6ccc(-c7nc(-c8ccccc8)nc(-n8c9ccccc9c9cc(-c%10ccc%11c(c%10)c%10ccccc%10n%11-c%10ccccc%10)ccc98)n7)cc6)cccc54)cc3)n2)cc1. The van der Waals surface area contributed by atoms with Crippen molar-refractivity contribution in [1.82, 2.24) is 39.0 Å². The molecule has 17 rings (SSSR count). The average Bonchev–Trinajstić information content (AvgIpc) is 2.52. The minimum atomic E-state index is 0.529. The first-order valence-electron chi connectivity index (χ1n) is 29.3. The fraction of sp³-hybridized carbons (Fsp3) is 0. The predicted octanol–water partition coefficient (Wildman–Crippen LogP) is 19.5. The van der Waals surface area contributed by atoms with E-state index in [1.54, 1.807) is 0 Å². The predicted molar refractivity (Wildman–Crippen MR) is 355 cm³/mol. The van der Waals surface area contributed by atoms with Crippen LogP contribution in [0.25, 0.3) is 134 Å². The number of hydrogen-bond donors (Lipinski definition) is 0. The number of fused-ring (bicyclic) bond motifs is 8. The van der Waals surface area contributed by atoms with Gasteiger partial charge in [-0.25, -0.2) is 19.9 Å². The van der Waals surface area contributed by atoms with Gasteiger partial charge in [0.1, 0.15) is 0 Å². The largest absolute Gasteiger partial charge is 0.452 e. The van der Waals surface area contributed by atoms with Gasteiger partial charge in [-0.05, 0) is 108 Å². The Labute approximate surface area is 506 Å². The van der Waals surface area contributed by atoms with Gasteiger partial charge < -0.3 is 14.2 Å². The Morgan fingerprint density at radius 1 is 0.250 bits per heavy atom. The summed E-state index contributed by atoms with van der Waals surface area (Å²) in [6.45, 7) is 0. The smallest absolute Gasteiger partial charge is 0.238 e. The molecule has 0 spiro atoms. The maximum atomic E-state index is 6.90. The van der Waals surface area contributed by atoms with Gasteiger partial charge in [-0.15, -0.1) is 0 Å². The van der Waals surface area contributed by atoms with E-state index in [2.05, 4.69) is 202 Å². The molecule has 1 aliphatic heterocycles. The lowest BCUT2D eigenvalue weighted by Gasteiger charge is -2.34. The molecule has 1 aliphatic rings. The highest BCUT2D eigenvalue weighted by Gasteiger charge is 2.29. The molecule has 0 saturated carbocycles. The minimum Gasteiger partial charge on any atom is -0.452 e. The highest BCUT2D eigenvalue weighted by atomic mass is 16.5. The fourth-order valence-corrected chi connectivity index (χ4v) is 12.5. The summed E-state index contributed by atoms with van der Waals surface area (Å²) in [5, 5.41) is 4.64. The number of aromatic nitrogens is 8. The van der Waals surface area contributed by atoms with Crippen LogP contribution in [0.3, 0.4) is 0 Å². The van der Waals surface area contributed by atoms with Crippen molar-refractivity contribution in [2.75, 3.05) is 4.90 Å². The van der Waals surface area contributed by atoms with E-state index in [-0.39, 0.29) is 0 Å². The molecule has 0 saturated heterocycles. The molecule has 0 aliphatic carbocycles. The maximum Gasteiger partial charge on any atom is 0.238 e. The van der Waals surface area contributed by atoms with E-state index in [1.165, 1.54) is 21.8 Å². The molecule has 0 N–H and O–H groups in total. The summed E-state index contributed by atoms with van der Waals surface area (Å²) in [4.78, 5) is 33.0. The number of hydrogen-bond acceptors (Lipinski definition) is 8. The molecule has 12 aromatic carbocycles. The van der Waals surface area contributed by atoms with Crippen molar-refractivity contribution in [1.29, 1.82) is 0 Å². The van der Waals surface area contributed by atoms with Crippen LogP contribution in [0.5, 0.6) is 11.5 Å². The Morgan fingerprint density at radius 3 is 1.20 bits per heavy atom. The monoisotopic (exact) mass is 1130 g/mol. The van der Waals surface area contributed by atoms with Gasteiger partial charge in [0, 0.05) is 66.3 Å². The van der Waals surface area contributed by atoms with Crippen LogP contribution in [-0.2, 0) is 0 Å². The molecule has 0 bridgehead atoms. The zero-order valence-electron chi connectivity index (χ0n) is 47.2. The summed E-state index contributed by atoms with van der Waals surface area (Å²) >= 11 is 0. The number of ether oxygens (including phenoxy) is 1. The third kappa shape index (κ3) is 8.65. The molecule has 4 aromatic heterocycles. The van der Waals surface area contributed by atoms with Gasteiger partial charge in [0.2, 0.25) is 5.95 Å². The molecular formula is C78H49N9O. The van der Waals surface area contributed by atoms with E-state index in [0.717, 1.165) is 106 Å². The van der Waals surface area contributed by atoms with Gasteiger partial charge in [-0.1, -0.05) is 206 Å². The lowest BCUT2D eigenvalue weighted by molar-refractivity contribution is 0.479. The van der Waals surface area contributed by atoms with E-state index >= 15 is 0 Å². The first kappa shape index (κ1) is 50.4. The van der Waals surface area contributed by atoms with Crippen molar-refractivity contribution in [2.45, 2.75) is 0 Å².